The molecule has 1 aliphatic rings. The molecule has 0 fully saturated rings. The molecular weight excluding hydrogens is 297 g/mol. The number of halogens is 1. The Bertz CT molecular complexity index is 430. The van der Waals surface area contributed by atoms with Crippen LogP contribution in [-0.4, -0.2) is 10.3 Å². The van der Waals surface area contributed by atoms with E-state index in [1.165, 1.54) is 17.0 Å². The van der Waals surface area contributed by atoms with Gasteiger partial charge in [-0.2, -0.15) is 4.58 Å². The molecule has 0 saturated heterocycles. The van der Waals surface area contributed by atoms with Gasteiger partial charge in [0, 0.05) is 18.6 Å². The summed E-state index contributed by atoms with van der Waals surface area (Å²) in [6, 6.07) is 8.52. The minimum absolute atomic E-state index is 0. The minimum atomic E-state index is 0. The number of nitrogens with zero attached hydrogens (tertiary/aromatic N) is 1. The molecule has 2 heteroatoms. The van der Waals surface area contributed by atoms with E-state index in [1.54, 1.807) is 0 Å². The second-order valence-electron chi connectivity index (χ2n) is 4.28. The van der Waals surface area contributed by atoms with Crippen molar-refractivity contribution in [2.45, 2.75) is 26.2 Å². The molecule has 1 heterocycles. The quantitative estimate of drug-likeness (QED) is 0.516. The Labute approximate surface area is 109 Å². The summed E-state index contributed by atoms with van der Waals surface area (Å²) in [7, 11) is 0. The molecule has 0 atom stereocenters. The van der Waals surface area contributed by atoms with Crippen LogP contribution in [0.5, 0.6) is 0 Å². The molecule has 2 rings (SSSR count). The molecule has 0 unspecified atom stereocenters. The van der Waals surface area contributed by atoms with E-state index in [4.69, 9.17) is 0 Å². The van der Waals surface area contributed by atoms with E-state index in [2.05, 4.69) is 56.2 Å². The van der Waals surface area contributed by atoms with Crippen molar-refractivity contribution in [2.24, 2.45) is 0 Å². The van der Waals surface area contributed by atoms with Crippen LogP contribution in [0.1, 0.15) is 26.3 Å². The lowest BCUT2D eigenvalue weighted by atomic mass is 9.82. The average molecular weight is 313 g/mol. The van der Waals surface area contributed by atoms with E-state index < -0.39 is 0 Å². The first-order chi connectivity index (χ1) is 6.59. The van der Waals surface area contributed by atoms with Gasteiger partial charge in [0.1, 0.15) is 0 Å². The number of rotatable bonds is 1. The van der Waals surface area contributed by atoms with Gasteiger partial charge in [-0.3, -0.25) is 0 Å². The third-order valence-electron chi connectivity index (χ3n) is 3.29. The van der Waals surface area contributed by atoms with Crippen molar-refractivity contribution in [2.75, 3.05) is 0 Å². The molecule has 0 spiro atoms. The zero-order chi connectivity index (χ0) is 10.3. The number of fused-ring (bicyclic) bond motifs is 1. The fraction of sp³-hybridized carbons (Fsp3) is 0.308. The Morgan fingerprint density at radius 2 is 1.87 bits per heavy atom. The lowest BCUT2D eigenvalue weighted by Crippen LogP contribution is -3.00. The van der Waals surface area contributed by atoms with Crippen LogP contribution < -0.4 is 24.0 Å². The Balaban J connectivity index is 0.00000112. The maximum atomic E-state index is 3.86. The number of hydrogen-bond donors (Lipinski definition) is 0. The molecule has 1 aliphatic heterocycles. The lowest BCUT2D eigenvalue weighted by Gasteiger charge is -2.14. The molecule has 1 aromatic carbocycles. The highest BCUT2D eigenvalue weighted by Gasteiger charge is 2.41. The van der Waals surface area contributed by atoms with Crippen molar-refractivity contribution < 1.29 is 28.6 Å². The SMILES string of the molecule is C=C[N+]1=C(C)C(C)(C)c2ccccc21.[I-]. The summed E-state index contributed by atoms with van der Waals surface area (Å²) in [4.78, 5) is 0. The normalized spacial score (nSPS) is 17.0. The molecular formula is C13H16IN. The average Bonchev–Trinajstić information content (AvgIpc) is 2.37. The van der Waals surface area contributed by atoms with Crippen molar-refractivity contribution in [1.29, 1.82) is 0 Å². The summed E-state index contributed by atoms with van der Waals surface area (Å²) in [6.07, 6.45) is 1.89. The van der Waals surface area contributed by atoms with Crippen LogP contribution >= 0.6 is 0 Å². The Morgan fingerprint density at radius 1 is 1.27 bits per heavy atom. The highest BCUT2D eigenvalue weighted by atomic mass is 127. The highest BCUT2D eigenvalue weighted by Crippen LogP contribution is 2.38. The maximum absolute atomic E-state index is 3.86. The summed E-state index contributed by atoms with van der Waals surface area (Å²) >= 11 is 0. The van der Waals surface area contributed by atoms with E-state index in [0.717, 1.165) is 0 Å². The van der Waals surface area contributed by atoms with E-state index >= 15 is 0 Å². The minimum Gasteiger partial charge on any atom is -1.00 e. The topological polar surface area (TPSA) is 3.01 Å². The monoisotopic (exact) mass is 313 g/mol. The third-order valence-corrected chi connectivity index (χ3v) is 3.29. The summed E-state index contributed by atoms with van der Waals surface area (Å²) in [5, 5.41) is 0. The molecule has 0 radical (unpaired) electrons. The van der Waals surface area contributed by atoms with Crippen LogP contribution in [0.15, 0.2) is 37.0 Å². The zero-order valence-corrected chi connectivity index (χ0v) is 11.6. The van der Waals surface area contributed by atoms with Gasteiger partial charge in [0.2, 0.25) is 5.69 Å². The van der Waals surface area contributed by atoms with Gasteiger partial charge in [0.25, 0.3) is 0 Å². The van der Waals surface area contributed by atoms with Crippen molar-refractivity contribution in [3.05, 3.63) is 42.6 Å². The summed E-state index contributed by atoms with van der Waals surface area (Å²) in [5.41, 5.74) is 4.13. The number of para-hydroxylation sites is 1. The first-order valence-electron chi connectivity index (χ1n) is 4.94. The number of benzene rings is 1. The second-order valence-corrected chi connectivity index (χ2v) is 4.28. The molecule has 0 bridgehead atoms. The van der Waals surface area contributed by atoms with Gasteiger partial charge < -0.3 is 24.0 Å². The van der Waals surface area contributed by atoms with Crippen LogP contribution in [0, 0.1) is 0 Å². The Kier molecular flexibility index (Phi) is 3.38. The van der Waals surface area contributed by atoms with E-state index in [1.807, 2.05) is 6.20 Å². The number of hydrogen-bond acceptors (Lipinski definition) is 0. The Hall–Kier alpha value is -0.640. The Morgan fingerprint density at radius 3 is 2.47 bits per heavy atom. The molecule has 15 heavy (non-hydrogen) atoms. The lowest BCUT2D eigenvalue weighted by molar-refractivity contribution is -0.357. The standard InChI is InChI=1S/C13H16N.HI/c1-5-14-10(2)13(3,4)11-8-6-7-9-12(11)14;/h5-9H,1H2,2-4H3;1H/q+1;/p-1. The van der Waals surface area contributed by atoms with Gasteiger partial charge in [-0.25, -0.2) is 0 Å². The zero-order valence-electron chi connectivity index (χ0n) is 9.42. The van der Waals surface area contributed by atoms with Crippen molar-refractivity contribution in [3.8, 4) is 0 Å². The van der Waals surface area contributed by atoms with Crippen LogP contribution in [0.25, 0.3) is 0 Å². The summed E-state index contributed by atoms with van der Waals surface area (Å²) in [5.74, 6) is 0. The van der Waals surface area contributed by atoms with Crippen LogP contribution in [0.2, 0.25) is 0 Å². The largest absolute Gasteiger partial charge is 1.00 e. The predicted molar refractivity (Wildman–Crippen MR) is 60.3 cm³/mol. The van der Waals surface area contributed by atoms with Gasteiger partial charge >= 0.3 is 0 Å². The molecule has 0 amide bonds. The van der Waals surface area contributed by atoms with Crippen molar-refractivity contribution >= 4 is 11.4 Å². The van der Waals surface area contributed by atoms with Crippen LogP contribution in [-0.2, 0) is 5.41 Å². The van der Waals surface area contributed by atoms with E-state index in [0.29, 0.717) is 0 Å². The van der Waals surface area contributed by atoms with Crippen molar-refractivity contribution in [3.63, 3.8) is 0 Å². The van der Waals surface area contributed by atoms with Crippen LogP contribution in [0.3, 0.4) is 0 Å². The molecule has 0 aromatic heterocycles. The molecule has 0 aliphatic carbocycles. The first kappa shape index (κ1) is 12.4. The van der Waals surface area contributed by atoms with Gasteiger partial charge in [-0.05, 0) is 20.4 Å². The highest BCUT2D eigenvalue weighted by molar-refractivity contribution is 5.93. The van der Waals surface area contributed by atoms with Gasteiger partial charge in [0.05, 0.1) is 5.41 Å². The predicted octanol–water partition coefficient (Wildman–Crippen LogP) is 0.230. The van der Waals surface area contributed by atoms with Crippen molar-refractivity contribution in [1.82, 2.24) is 0 Å². The molecule has 1 nitrogen and oxygen atoms in total. The molecule has 1 aromatic rings. The first-order valence-corrected chi connectivity index (χ1v) is 4.94. The molecule has 0 N–H and O–H groups in total. The maximum Gasteiger partial charge on any atom is 0.214 e. The second kappa shape index (κ2) is 4.08. The summed E-state index contributed by atoms with van der Waals surface area (Å²) in [6.45, 7) is 10.5. The van der Waals surface area contributed by atoms with E-state index in [9.17, 15) is 0 Å². The van der Waals surface area contributed by atoms with Crippen LogP contribution in [0.4, 0.5) is 5.69 Å². The van der Waals surface area contributed by atoms with Gasteiger partial charge in [0.15, 0.2) is 11.9 Å². The fourth-order valence-electron chi connectivity index (χ4n) is 2.12. The van der Waals surface area contributed by atoms with E-state index in [-0.39, 0.29) is 29.4 Å². The smallest absolute Gasteiger partial charge is 0.214 e. The van der Waals surface area contributed by atoms with Gasteiger partial charge in [-0.15, -0.1) is 0 Å². The van der Waals surface area contributed by atoms with Gasteiger partial charge in [-0.1, -0.05) is 18.2 Å². The molecule has 0 saturated carbocycles. The summed E-state index contributed by atoms with van der Waals surface area (Å²) < 4.78 is 2.18. The fourth-order valence-corrected chi connectivity index (χ4v) is 2.12. The molecule has 80 valence electrons. The third kappa shape index (κ3) is 1.65.